The van der Waals surface area contributed by atoms with Gasteiger partial charge in [-0.3, -0.25) is 4.90 Å². The second kappa shape index (κ2) is 6.21. The highest BCUT2D eigenvalue weighted by Crippen LogP contribution is 2.28. The van der Waals surface area contributed by atoms with Gasteiger partial charge in [-0.1, -0.05) is 26.0 Å². The predicted molar refractivity (Wildman–Crippen MR) is 72.7 cm³/mol. The maximum Gasteiger partial charge on any atom is 0.115 e. The molecule has 1 aliphatic rings. The molecule has 1 aromatic carbocycles. The lowest BCUT2D eigenvalue weighted by Gasteiger charge is -2.38. The minimum Gasteiger partial charge on any atom is -0.508 e. The molecule has 2 rings (SSSR count). The standard InChI is InChI=1S/C15H23NO2/c1-3-8-16-10-14(4-2)18-15(11-16)12-6-5-7-13(17)9-12/h5-7,9,14-15,17H,3-4,8,10-11H2,1-2H3. The number of rotatable bonds is 4. The number of hydrogen-bond donors (Lipinski definition) is 1. The zero-order valence-corrected chi connectivity index (χ0v) is 11.3. The number of nitrogens with zero attached hydrogens (tertiary/aromatic N) is 1. The molecule has 0 saturated carbocycles. The third kappa shape index (κ3) is 3.24. The number of aromatic hydroxyl groups is 1. The highest BCUT2D eigenvalue weighted by Gasteiger charge is 2.27. The van der Waals surface area contributed by atoms with Gasteiger partial charge in [0.15, 0.2) is 0 Å². The van der Waals surface area contributed by atoms with E-state index in [-0.39, 0.29) is 6.10 Å². The molecular formula is C15H23NO2. The molecule has 1 aromatic rings. The van der Waals surface area contributed by atoms with Crippen molar-refractivity contribution in [3.63, 3.8) is 0 Å². The first-order valence-electron chi connectivity index (χ1n) is 6.89. The molecule has 1 N–H and O–H groups in total. The van der Waals surface area contributed by atoms with Crippen molar-refractivity contribution in [2.75, 3.05) is 19.6 Å². The first-order valence-corrected chi connectivity index (χ1v) is 6.89. The van der Waals surface area contributed by atoms with E-state index in [1.54, 1.807) is 6.07 Å². The maximum atomic E-state index is 9.57. The number of benzene rings is 1. The zero-order valence-electron chi connectivity index (χ0n) is 11.3. The first kappa shape index (κ1) is 13.4. The third-order valence-electron chi connectivity index (χ3n) is 3.48. The van der Waals surface area contributed by atoms with Crippen LogP contribution < -0.4 is 0 Å². The van der Waals surface area contributed by atoms with Gasteiger partial charge < -0.3 is 9.84 Å². The van der Waals surface area contributed by atoms with E-state index in [4.69, 9.17) is 4.74 Å². The van der Waals surface area contributed by atoms with Gasteiger partial charge in [-0.15, -0.1) is 0 Å². The molecule has 100 valence electrons. The Balaban J connectivity index is 2.11. The van der Waals surface area contributed by atoms with Crippen molar-refractivity contribution < 1.29 is 9.84 Å². The van der Waals surface area contributed by atoms with Gasteiger partial charge >= 0.3 is 0 Å². The lowest BCUT2D eigenvalue weighted by atomic mass is 10.1. The van der Waals surface area contributed by atoms with Gasteiger partial charge in [-0.05, 0) is 37.1 Å². The van der Waals surface area contributed by atoms with Crippen molar-refractivity contribution in [3.8, 4) is 5.75 Å². The molecule has 2 unspecified atom stereocenters. The summed E-state index contributed by atoms with van der Waals surface area (Å²) in [6, 6.07) is 7.43. The van der Waals surface area contributed by atoms with Crippen LogP contribution in [-0.2, 0) is 4.74 Å². The fourth-order valence-electron chi connectivity index (χ4n) is 2.55. The third-order valence-corrected chi connectivity index (χ3v) is 3.48. The van der Waals surface area contributed by atoms with Crippen LogP contribution in [0.4, 0.5) is 0 Å². The summed E-state index contributed by atoms with van der Waals surface area (Å²) in [6.07, 6.45) is 2.60. The first-order chi connectivity index (χ1) is 8.72. The van der Waals surface area contributed by atoms with Crippen molar-refractivity contribution in [2.45, 2.75) is 38.9 Å². The van der Waals surface area contributed by atoms with Crippen molar-refractivity contribution in [1.29, 1.82) is 0 Å². The second-order valence-corrected chi connectivity index (χ2v) is 5.01. The van der Waals surface area contributed by atoms with E-state index in [0.717, 1.165) is 31.6 Å². The van der Waals surface area contributed by atoms with Gasteiger partial charge in [0.1, 0.15) is 5.75 Å². The summed E-state index contributed by atoms with van der Waals surface area (Å²) < 4.78 is 6.10. The smallest absolute Gasteiger partial charge is 0.115 e. The summed E-state index contributed by atoms with van der Waals surface area (Å²) >= 11 is 0. The monoisotopic (exact) mass is 249 g/mol. The Morgan fingerprint density at radius 1 is 1.33 bits per heavy atom. The van der Waals surface area contributed by atoms with Gasteiger partial charge in [-0.25, -0.2) is 0 Å². The topological polar surface area (TPSA) is 32.7 Å². The molecule has 3 nitrogen and oxygen atoms in total. The lowest BCUT2D eigenvalue weighted by molar-refractivity contribution is -0.0882. The molecule has 0 radical (unpaired) electrons. The molecule has 0 aliphatic carbocycles. The zero-order chi connectivity index (χ0) is 13.0. The highest BCUT2D eigenvalue weighted by molar-refractivity contribution is 5.29. The van der Waals surface area contributed by atoms with E-state index >= 15 is 0 Å². The van der Waals surface area contributed by atoms with Crippen LogP contribution in [0, 0.1) is 0 Å². The van der Waals surface area contributed by atoms with Crippen LogP contribution in [0.1, 0.15) is 38.4 Å². The number of ether oxygens (including phenoxy) is 1. The molecule has 2 atom stereocenters. The van der Waals surface area contributed by atoms with Crippen molar-refractivity contribution in [1.82, 2.24) is 4.90 Å². The summed E-state index contributed by atoms with van der Waals surface area (Å²) in [4.78, 5) is 2.46. The molecular weight excluding hydrogens is 226 g/mol. The molecule has 0 amide bonds. The molecule has 0 bridgehead atoms. The molecule has 0 spiro atoms. The Labute approximate surface area is 109 Å². The van der Waals surface area contributed by atoms with E-state index in [9.17, 15) is 5.11 Å². The molecule has 1 fully saturated rings. The van der Waals surface area contributed by atoms with Crippen LogP contribution in [-0.4, -0.2) is 35.7 Å². The average Bonchev–Trinajstić information content (AvgIpc) is 2.39. The van der Waals surface area contributed by atoms with E-state index in [2.05, 4.69) is 18.7 Å². The van der Waals surface area contributed by atoms with E-state index < -0.39 is 0 Å². The Bertz CT molecular complexity index is 381. The number of morpholine rings is 1. The molecule has 3 heteroatoms. The van der Waals surface area contributed by atoms with Crippen LogP contribution in [0.3, 0.4) is 0 Å². The van der Waals surface area contributed by atoms with Crippen LogP contribution >= 0.6 is 0 Å². The maximum absolute atomic E-state index is 9.57. The summed E-state index contributed by atoms with van der Waals surface area (Å²) in [5.41, 5.74) is 1.08. The summed E-state index contributed by atoms with van der Waals surface area (Å²) in [7, 11) is 0. The summed E-state index contributed by atoms with van der Waals surface area (Å²) in [6.45, 7) is 7.45. The lowest BCUT2D eigenvalue weighted by Crippen LogP contribution is -2.44. The Hall–Kier alpha value is -1.06. The van der Waals surface area contributed by atoms with Crippen LogP contribution in [0.15, 0.2) is 24.3 Å². The number of phenolic OH excluding ortho intramolecular Hbond substituents is 1. The minimum atomic E-state index is 0.0855. The minimum absolute atomic E-state index is 0.0855. The van der Waals surface area contributed by atoms with Crippen LogP contribution in [0.2, 0.25) is 0 Å². The molecule has 1 saturated heterocycles. The second-order valence-electron chi connectivity index (χ2n) is 5.01. The Kier molecular flexibility index (Phi) is 4.61. The highest BCUT2D eigenvalue weighted by atomic mass is 16.5. The Morgan fingerprint density at radius 3 is 2.83 bits per heavy atom. The normalized spacial score (nSPS) is 25.2. The van der Waals surface area contributed by atoms with E-state index in [1.807, 2.05) is 18.2 Å². The van der Waals surface area contributed by atoms with E-state index in [1.165, 1.54) is 6.42 Å². The molecule has 0 aromatic heterocycles. The van der Waals surface area contributed by atoms with Gasteiger partial charge in [0, 0.05) is 13.1 Å². The van der Waals surface area contributed by atoms with Crippen molar-refractivity contribution >= 4 is 0 Å². The fourth-order valence-corrected chi connectivity index (χ4v) is 2.55. The predicted octanol–water partition coefficient (Wildman–Crippen LogP) is 2.95. The quantitative estimate of drug-likeness (QED) is 0.890. The van der Waals surface area contributed by atoms with Crippen molar-refractivity contribution in [3.05, 3.63) is 29.8 Å². The molecule has 1 aliphatic heterocycles. The van der Waals surface area contributed by atoms with Gasteiger partial charge in [0.2, 0.25) is 0 Å². The van der Waals surface area contributed by atoms with Gasteiger partial charge in [0.25, 0.3) is 0 Å². The van der Waals surface area contributed by atoms with Crippen molar-refractivity contribution in [2.24, 2.45) is 0 Å². The largest absolute Gasteiger partial charge is 0.508 e. The fraction of sp³-hybridized carbons (Fsp3) is 0.600. The number of hydrogen-bond acceptors (Lipinski definition) is 3. The molecule has 18 heavy (non-hydrogen) atoms. The van der Waals surface area contributed by atoms with Gasteiger partial charge in [0.05, 0.1) is 12.2 Å². The SMILES string of the molecule is CCCN1CC(CC)OC(c2cccc(O)c2)C1. The molecule has 1 heterocycles. The van der Waals surface area contributed by atoms with Crippen LogP contribution in [0.25, 0.3) is 0 Å². The summed E-state index contributed by atoms with van der Waals surface area (Å²) in [5, 5.41) is 9.57. The van der Waals surface area contributed by atoms with E-state index in [0.29, 0.717) is 11.9 Å². The number of phenols is 1. The summed E-state index contributed by atoms with van der Waals surface area (Å²) in [5.74, 6) is 0.316. The average molecular weight is 249 g/mol. The van der Waals surface area contributed by atoms with Gasteiger partial charge in [-0.2, -0.15) is 0 Å². The Morgan fingerprint density at radius 2 is 2.17 bits per heavy atom. The van der Waals surface area contributed by atoms with Crippen LogP contribution in [0.5, 0.6) is 5.75 Å².